The quantitative estimate of drug-likeness (QED) is 0.0238. The molecule has 1 aliphatic heterocycles. The van der Waals surface area contributed by atoms with Crippen LogP contribution in [0.1, 0.15) is 52.9 Å². The van der Waals surface area contributed by atoms with E-state index in [1.165, 1.54) is 0 Å². The fourth-order valence-corrected chi connectivity index (χ4v) is 5.42. The Morgan fingerprint density at radius 3 is 2.11 bits per heavy atom. The van der Waals surface area contributed by atoms with Gasteiger partial charge in [0.25, 0.3) is 0 Å². The monoisotopic (exact) mass is 780 g/mol. The summed E-state index contributed by atoms with van der Waals surface area (Å²) in [4.78, 5) is 84.5. The van der Waals surface area contributed by atoms with Crippen LogP contribution in [-0.4, -0.2) is 165 Å². The van der Waals surface area contributed by atoms with E-state index in [9.17, 15) is 38.7 Å². The second kappa shape index (κ2) is 27.9. The number of carboxylic acid groups (broad SMARTS) is 1. The molecular weight excluding hydrogens is 724 g/mol. The van der Waals surface area contributed by atoms with Gasteiger partial charge in [-0.2, -0.15) is 0 Å². The highest BCUT2D eigenvalue weighted by atomic mass is 32.2. The SMILES string of the molecule is CCC(CO)OC(COC(=O)NCCC(=O)NCCNC(=O)CCOCCOCCNC(=O)CCN1C(=O)CC(SCC(N)C(=O)O)C1=O)OC(C)C. The second-order valence-electron chi connectivity index (χ2n) is 11.9. The molecule has 4 atom stereocenters. The highest BCUT2D eigenvalue weighted by molar-refractivity contribution is 8.00. The van der Waals surface area contributed by atoms with Crippen LogP contribution in [0.25, 0.3) is 0 Å². The van der Waals surface area contributed by atoms with Gasteiger partial charge in [0.2, 0.25) is 29.5 Å². The van der Waals surface area contributed by atoms with E-state index in [0.717, 1.165) is 16.7 Å². The van der Waals surface area contributed by atoms with Crippen molar-refractivity contribution in [3.05, 3.63) is 0 Å². The van der Waals surface area contributed by atoms with Gasteiger partial charge in [0.05, 0.1) is 50.5 Å². The summed E-state index contributed by atoms with van der Waals surface area (Å²) in [5, 5.41) is 27.8. The molecule has 8 N–H and O–H groups in total. The molecule has 0 aromatic carbocycles. The van der Waals surface area contributed by atoms with Crippen molar-refractivity contribution in [3.8, 4) is 0 Å². The first-order valence-corrected chi connectivity index (χ1v) is 18.5. The van der Waals surface area contributed by atoms with Gasteiger partial charge in [0.15, 0.2) is 6.29 Å². The van der Waals surface area contributed by atoms with Crippen molar-refractivity contribution in [2.75, 3.05) is 78.1 Å². The fourth-order valence-electron chi connectivity index (χ4n) is 4.31. The first kappa shape index (κ1) is 47.4. The zero-order chi connectivity index (χ0) is 39.6. The van der Waals surface area contributed by atoms with Gasteiger partial charge in [0.1, 0.15) is 12.6 Å². The largest absolute Gasteiger partial charge is 0.480 e. The number of aliphatic carboxylic acids is 1. The molecule has 0 spiro atoms. The Kier molecular flexibility index (Phi) is 25.0. The minimum absolute atomic E-state index is 0.00455. The number of hydrogen-bond donors (Lipinski definition) is 7. The van der Waals surface area contributed by atoms with Crippen LogP contribution in [0.4, 0.5) is 4.79 Å². The molecule has 0 aliphatic carbocycles. The molecule has 1 heterocycles. The number of amides is 6. The molecule has 0 saturated carbocycles. The zero-order valence-electron chi connectivity index (χ0n) is 30.6. The van der Waals surface area contributed by atoms with Gasteiger partial charge in [-0.15, -0.1) is 11.8 Å². The molecule has 21 heteroatoms. The highest BCUT2D eigenvalue weighted by Crippen LogP contribution is 2.25. The number of aliphatic hydroxyl groups is 1. The number of carbonyl (C=O) groups is 7. The molecule has 1 rings (SSSR count). The number of nitrogens with one attached hydrogen (secondary N) is 4. The molecule has 0 bridgehead atoms. The summed E-state index contributed by atoms with van der Waals surface area (Å²) in [6, 6.07) is -1.14. The Balaban J connectivity index is 2.02. The smallest absolute Gasteiger partial charge is 0.407 e. The number of ether oxygens (including phenoxy) is 5. The third-order valence-corrected chi connectivity index (χ3v) is 8.46. The molecule has 0 aromatic rings. The number of imide groups is 1. The van der Waals surface area contributed by atoms with E-state index in [1.54, 1.807) is 13.8 Å². The maximum atomic E-state index is 12.4. The third-order valence-electron chi connectivity index (χ3n) is 7.14. The molecule has 4 unspecified atom stereocenters. The molecule has 1 fully saturated rings. The van der Waals surface area contributed by atoms with Crippen LogP contribution < -0.4 is 27.0 Å². The minimum Gasteiger partial charge on any atom is -0.480 e. The molecule has 53 heavy (non-hydrogen) atoms. The van der Waals surface area contributed by atoms with Crippen molar-refractivity contribution >= 4 is 53.4 Å². The number of alkyl carbamates (subject to hydrolysis) is 1. The van der Waals surface area contributed by atoms with Gasteiger partial charge in [-0.05, 0) is 20.3 Å². The minimum atomic E-state index is -1.19. The zero-order valence-corrected chi connectivity index (χ0v) is 31.5. The number of nitrogens with two attached hydrogens (primary N) is 1. The van der Waals surface area contributed by atoms with Gasteiger partial charge < -0.3 is 60.9 Å². The molecule has 0 radical (unpaired) electrons. The number of rotatable bonds is 30. The number of nitrogens with zero attached hydrogens (tertiary/aromatic N) is 1. The second-order valence-corrected chi connectivity index (χ2v) is 13.1. The summed E-state index contributed by atoms with van der Waals surface area (Å²) >= 11 is 1.01. The molecule has 20 nitrogen and oxygen atoms in total. The number of likely N-dealkylation sites (tertiary alicyclic amines) is 1. The first-order valence-electron chi connectivity index (χ1n) is 17.5. The fraction of sp³-hybridized carbons (Fsp3) is 0.781. The van der Waals surface area contributed by atoms with Crippen molar-refractivity contribution in [1.82, 2.24) is 26.2 Å². The van der Waals surface area contributed by atoms with E-state index < -0.39 is 47.6 Å². The summed E-state index contributed by atoms with van der Waals surface area (Å²) in [5.41, 5.74) is 5.44. The van der Waals surface area contributed by atoms with Gasteiger partial charge >= 0.3 is 12.1 Å². The third kappa shape index (κ3) is 22.3. The number of carbonyl (C=O) groups excluding carboxylic acids is 6. The van der Waals surface area contributed by atoms with Crippen molar-refractivity contribution in [2.45, 2.75) is 82.7 Å². The van der Waals surface area contributed by atoms with Crippen LogP contribution in [0.2, 0.25) is 0 Å². The first-order chi connectivity index (χ1) is 25.3. The van der Waals surface area contributed by atoms with Crippen molar-refractivity contribution < 1.29 is 67.5 Å². The maximum absolute atomic E-state index is 12.4. The molecule has 1 aliphatic rings. The Morgan fingerprint density at radius 2 is 1.49 bits per heavy atom. The van der Waals surface area contributed by atoms with E-state index >= 15 is 0 Å². The maximum Gasteiger partial charge on any atom is 0.407 e. The average Bonchev–Trinajstić information content (AvgIpc) is 3.38. The Hall–Kier alpha value is -3.60. The van der Waals surface area contributed by atoms with Crippen molar-refractivity contribution in [2.24, 2.45) is 5.73 Å². The van der Waals surface area contributed by atoms with E-state index in [0.29, 0.717) is 6.42 Å². The van der Waals surface area contributed by atoms with Crippen LogP contribution in [-0.2, 0) is 52.5 Å². The topological polar surface area (TPSA) is 283 Å². The molecule has 6 amide bonds. The van der Waals surface area contributed by atoms with E-state index in [4.69, 9.17) is 34.5 Å². The van der Waals surface area contributed by atoms with E-state index in [1.807, 2.05) is 6.92 Å². The van der Waals surface area contributed by atoms with Gasteiger partial charge in [-0.25, -0.2) is 4.79 Å². The average molecular weight is 781 g/mol. The van der Waals surface area contributed by atoms with Crippen LogP contribution >= 0.6 is 11.8 Å². The Labute approximate surface area is 313 Å². The molecular formula is C32H56N6O14S. The number of carboxylic acids is 1. The van der Waals surface area contributed by atoms with E-state index in [-0.39, 0.29) is 128 Å². The van der Waals surface area contributed by atoms with Crippen LogP contribution in [0.3, 0.4) is 0 Å². The summed E-state index contributed by atoms with van der Waals surface area (Å²) in [5.74, 6) is -3.06. The van der Waals surface area contributed by atoms with Crippen LogP contribution in [0, 0.1) is 0 Å². The summed E-state index contributed by atoms with van der Waals surface area (Å²) in [6.07, 6.45) is -1.74. The van der Waals surface area contributed by atoms with Crippen molar-refractivity contribution in [1.29, 1.82) is 0 Å². The summed E-state index contributed by atoms with van der Waals surface area (Å²) in [6.45, 7) is 6.38. The number of hydrogen-bond acceptors (Lipinski definition) is 15. The Morgan fingerprint density at radius 1 is 0.868 bits per heavy atom. The summed E-state index contributed by atoms with van der Waals surface area (Å²) < 4.78 is 27.0. The highest BCUT2D eigenvalue weighted by Gasteiger charge is 2.39. The molecule has 1 saturated heterocycles. The molecule has 304 valence electrons. The lowest BCUT2D eigenvalue weighted by molar-refractivity contribution is -0.209. The lowest BCUT2D eigenvalue weighted by atomic mass is 10.3. The Bertz CT molecular complexity index is 1160. The van der Waals surface area contributed by atoms with Gasteiger partial charge in [0, 0.05) is 64.2 Å². The lowest BCUT2D eigenvalue weighted by Crippen LogP contribution is -2.37. The standard InChI is InChI=1S/C32H56N6O14S/c1-4-22(18-39)52-29(51-21(2)3)19-50-32(47)37-8-5-25(40)34-9-10-35-27(42)7-13-48-15-16-49-14-11-36-26(41)6-12-38-28(43)17-24(30(38)44)53-20-23(33)31(45)46/h21-24,29,39H,4-20,33H2,1-3H3,(H,34,40)(H,35,42)(H,36,41)(H,37,47)(H,45,46). The normalized spacial score (nSPS) is 15.9. The number of thioether (sulfide) groups is 1. The van der Waals surface area contributed by atoms with Gasteiger partial charge in [-0.1, -0.05) is 6.92 Å². The van der Waals surface area contributed by atoms with Crippen molar-refractivity contribution in [3.63, 3.8) is 0 Å². The van der Waals surface area contributed by atoms with E-state index in [2.05, 4.69) is 21.3 Å². The van der Waals surface area contributed by atoms with Crippen LogP contribution in [0.15, 0.2) is 0 Å². The predicted molar refractivity (Wildman–Crippen MR) is 189 cm³/mol. The number of aliphatic hydroxyl groups excluding tert-OH is 1. The van der Waals surface area contributed by atoms with Gasteiger partial charge in [-0.3, -0.25) is 33.7 Å². The summed E-state index contributed by atoms with van der Waals surface area (Å²) in [7, 11) is 0. The lowest BCUT2D eigenvalue weighted by Gasteiger charge is -2.24. The predicted octanol–water partition coefficient (Wildman–Crippen LogP) is -1.92. The molecule has 0 aromatic heterocycles. The van der Waals surface area contributed by atoms with Crippen LogP contribution in [0.5, 0.6) is 0 Å².